The minimum atomic E-state index is -0.0833. The monoisotopic (exact) mass is 117 g/mol. The molecule has 0 saturated carbocycles. The molecular weight excluding hydrogens is 114 g/mol. The van der Waals surface area contributed by atoms with Crippen molar-refractivity contribution in [3.05, 3.63) is 0 Å². The zero-order valence-electron chi connectivity index (χ0n) is 3.42. The number of nitrogens with zero attached hydrogens (tertiary/aromatic N) is 2. The van der Waals surface area contributed by atoms with Crippen LogP contribution in [-0.2, 0) is 4.79 Å². The second-order valence-corrected chi connectivity index (χ2v) is 1.55. The molecule has 0 spiro atoms. The molecule has 0 radical (unpaired) electrons. The lowest BCUT2D eigenvalue weighted by Crippen LogP contribution is -2.19. The summed E-state index contributed by atoms with van der Waals surface area (Å²) in [5, 5.41) is 3.43. The van der Waals surface area contributed by atoms with Crippen LogP contribution in [-0.4, -0.2) is 12.5 Å². The molecule has 0 aromatic heterocycles. The molecule has 0 fully saturated rings. The largest absolute Gasteiger partial charge is 0.278 e. The third-order valence-electron chi connectivity index (χ3n) is 0.472. The van der Waals surface area contributed by atoms with Crippen molar-refractivity contribution in [3.8, 4) is 0 Å². The molecule has 1 aliphatic rings. The van der Waals surface area contributed by atoms with Gasteiger partial charge in [0.25, 0.3) is 5.91 Å². The summed E-state index contributed by atoms with van der Waals surface area (Å²) in [4.78, 5) is 10.2. The van der Waals surface area contributed by atoms with Crippen LogP contribution in [0.1, 0.15) is 0 Å². The van der Waals surface area contributed by atoms with Crippen molar-refractivity contribution in [3.63, 3.8) is 0 Å². The first-order chi connectivity index (χ1) is 3.39. The molecule has 0 bridgehead atoms. The molecule has 1 amide bonds. The molecule has 7 heavy (non-hydrogen) atoms. The molecule has 0 aromatic carbocycles. The van der Waals surface area contributed by atoms with Crippen LogP contribution in [0.5, 0.6) is 0 Å². The second kappa shape index (κ2) is 1.92. The van der Waals surface area contributed by atoms with E-state index in [2.05, 4.69) is 14.4 Å². The first kappa shape index (κ1) is 4.58. The highest BCUT2D eigenvalue weighted by molar-refractivity contribution is 7.96. The molecule has 38 valence electrons. The molecular formula is C2H3N3OS. The van der Waals surface area contributed by atoms with Crippen LogP contribution in [0.2, 0.25) is 0 Å². The van der Waals surface area contributed by atoms with E-state index in [1.807, 2.05) is 0 Å². The molecule has 0 unspecified atom stereocenters. The van der Waals surface area contributed by atoms with E-state index in [4.69, 9.17) is 0 Å². The quantitative estimate of drug-likeness (QED) is 0.458. The van der Waals surface area contributed by atoms with Crippen LogP contribution in [0, 0.1) is 0 Å². The SMILES string of the molecule is O=C1CN=NSN1. The minimum absolute atomic E-state index is 0.0833. The van der Waals surface area contributed by atoms with E-state index in [-0.39, 0.29) is 12.5 Å². The third kappa shape index (κ3) is 1.15. The van der Waals surface area contributed by atoms with Crippen LogP contribution in [0.25, 0.3) is 0 Å². The fraction of sp³-hybridized carbons (Fsp3) is 0.500. The molecule has 0 saturated heterocycles. The molecule has 1 N–H and O–H groups in total. The predicted molar refractivity (Wildman–Crippen MR) is 25.5 cm³/mol. The highest BCUT2D eigenvalue weighted by Crippen LogP contribution is 2.00. The van der Waals surface area contributed by atoms with Gasteiger partial charge in [0.2, 0.25) is 0 Å². The lowest BCUT2D eigenvalue weighted by molar-refractivity contribution is -0.118. The lowest BCUT2D eigenvalue weighted by Gasteiger charge is -1.98. The Morgan fingerprint density at radius 3 is 3.00 bits per heavy atom. The van der Waals surface area contributed by atoms with E-state index < -0.39 is 0 Å². The summed E-state index contributed by atoms with van der Waals surface area (Å²) in [6, 6.07) is 0. The van der Waals surface area contributed by atoms with Gasteiger partial charge in [-0.25, -0.2) is 0 Å². The number of carbonyl (C=O) groups is 1. The van der Waals surface area contributed by atoms with Gasteiger partial charge in [-0.2, -0.15) is 5.11 Å². The smallest absolute Gasteiger partial charge is 0.254 e. The summed E-state index contributed by atoms with van der Waals surface area (Å²) in [6.07, 6.45) is 0. The van der Waals surface area contributed by atoms with E-state index in [9.17, 15) is 4.79 Å². The number of hydrogen-bond acceptors (Lipinski definition) is 4. The Morgan fingerprint density at radius 2 is 2.71 bits per heavy atom. The van der Waals surface area contributed by atoms with Crippen LogP contribution < -0.4 is 4.72 Å². The Kier molecular flexibility index (Phi) is 1.26. The highest BCUT2D eigenvalue weighted by atomic mass is 32.2. The summed E-state index contributed by atoms with van der Waals surface area (Å²) in [7, 11) is 0. The number of carbonyl (C=O) groups excluding carboxylic acids is 1. The van der Waals surface area contributed by atoms with E-state index in [1.165, 1.54) is 0 Å². The van der Waals surface area contributed by atoms with Gasteiger partial charge in [-0.15, -0.1) is 0 Å². The summed E-state index contributed by atoms with van der Waals surface area (Å²) < 4.78 is 5.84. The topological polar surface area (TPSA) is 53.8 Å². The van der Waals surface area contributed by atoms with Crippen LogP contribution >= 0.6 is 12.1 Å². The Bertz CT molecular complexity index is 112. The number of rotatable bonds is 0. The summed E-state index contributed by atoms with van der Waals surface area (Å²) in [5.41, 5.74) is 0. The molecule has 1 heterocycles. The van der Waals surface area contributed by atoms with Crippen molar-refractivity contribution < 1.29 is 4.79 Å². The lowest BCUT2D eigenvalue weighted by atomic mass is 10.7. The fourth-order valence-corrected chi connectivity index (χ4v) is 0.548. The van der Waals surface area contributed by atoms with Crippen molar-refractivity contribution in [1.29, 1.82) is 0 Å². The van der Waals surface area contributed by atoms with Gasteiger partial charge in [0.05, 0.1) is 0 Å². The average Bonchev–Trinajstić information content (AvgIpc) is 1.69. The minimum Gasteiger partial charge on any atom is -0.278 e. The first-order valence-corrected chi connectivity index (χ1v) is 2.48. The van der Waals surface area contributed by atoms with Crippen LogP contribution in [0.15, 0.2) is 9.63 Å². The Balaban J connectivity index is 2.47. The van der Waals surface area contributed by atoms with E-state index >= 15 is 0 Å². The molecule has 5 heteroatoms. The second-order valence-electron chi connectivity index (χ2n) is 0.998. The zero-order valence-corrected chi connectivity index (χ0v) is 4.23. The molecule has 0 aliphatic carbocycles. The summed E-state index contributed by atoms with van der Waals surface area (Å²) in [6.45, 7) is 0.174. The van der Waals surface area contributed by atoms with E-state index in [0.717, 1.165) is 12.1 Å². The van der Waals surface area contributed by atoms with Crippen molar-refractivity contribution in [2.75, 3.05) is 6.54 Å². The number of nitrogens with one attached hydrogen (secondary N) is 1. The number of hydrogen-bond donors (Lipinski definition) is 1. The average molecular weight is 117 g/mol. The van der Waals surface area contributed by atoms with Crippen molar-refractivity contribution in [2.24, 2.45) is 9.63 Å². The van der Waals surface area contributed by atoms with Gasteiger partial charge >= 0.3 is 0 Å². The Labute approximate surface area is 44.7 Å². The molecule has 0 aromatic rings. The maximum Gasteiger partial charge on any atom is 0.254 e. The third-order valence-corrected chi connectivity index (χ3v) is 0.988. The summed E-state index contributed by atoms with van der Waals surface area (Å²) in [5.74, 6) is -0.0833. The van der Waals surface area contributed by atoms with Crippen molar-refractivity contribution >= 4 is 18.0 Å². The van der Waals surface area contributed by atoms with Gasteiger partial charge in [-0.05, 0) is 0 Å². The highest BCUT2D eigenvalue weighted by Gasteiger charge is 2.01. The van der Waals surface area contributed by atoms with Crippen molar-refractivity contribution in [2.45, 2.75) is 0 Å². The zero-order chi connectivity index (χ0) is 5.11. The van der Waals surface area contributed by atoms with E-state index in [1.54, 1.807) is 0 Å². The van der Waals surface area contributed by atoms with Gasteiger partial charge < -0.3 is 0 Å². The molecule has 1 rings (SSSR count). The van der Waals surface area contributed by atoms with Gasteiger partial charge in [0.1, 0.15) is 18.7 Å². The van der Waals surface area contributed by atoms with Crippen molar-refractivity contribution in [1.82, 2.24) is 4.72 Å². The fourth-order valence-electron chi connectivity index (χ4n) is 0.226. The van der Waals surface area contributed by atoms with Gasteiger partial charge in [-0.3, -0.25) is 9.52 Å². The molecule has 1 aliphatic heterocycles. The Morgan fingerprint density at radius 1 is 1.86 bits per heavy atom. The first-order valence-electron chi connectivity index (χ1n) is 1.71. The predicted octanol–water partition coefficient (Wildman–Crippen LogP) is 0.132. The Hall–Kier alpha value is -0.580. The standard InChI is InChI=1S/C2H3N3OS/c6-2-1-3-5-7-4-2/h1H2,(H,4,6). The maximum absolute atomic E-state index is 10.2. The van der Waals surface area contributed by atoms with Gasteiger partial charge in [-0.1, -0.05) is 4.52 Å². The number of amides is 1. The van der Waals surface area contributed by atoms with Gasteiger partial charge in [0, 0.05) is 0 Å². The van der Waals surface area contributed by atoms with Crippen LogP contribution in [0.4, 0.5) is 0 Å². The molecule has 4 nitrogen and oxygen atoms in total. The van der Waals surface area contributed by atoms with Gasteiger partial charge in [0.15, 0.2) is 0 Å². The van der Waals surface area contributed by atoms with Crippen LogP contribution in [0.3, 0.4) is 0 Å². The molecule has 0 atom stereocenters. The van der Waals surface area contributed by atoms with E-state index in [0.29, 0.717) is 0 Å². The normalized spacial score (nSPS) is 19.1. The summed E-state index contributed by atoms with van der Waals surface area (Å²) >= 11 is 0.962. The maximum atomic E-state index is 10.2.